The van der Waals surface area contributed by atoms with E-state index in [2.05, 4.69) is 0 Å². The van der Waals surface area contributed by atoms with Crippen LogP contribution >= 0.6 is 0 Å². The standard InChI is InChI=1S/C15H20O4/c1-3-18-11-7-15(8-11)9-13(16)12-6-10(17-2)4-5-14(12)19-15/h4-6,11,13,16H,3,7-9H2,1-2H3/t11?,13-,15?/m1/s1. The van der Waals surface area contributed by atoms with Gasteiger partial charge in [-0.05, 0) is 25.1 Å². The molecule has 3 rings (SSSR count). The van der Waals surface area contributed by atoms with Crippen molar-refractivity contribution < 1.29 is 19.3 Å². The molecule has 1 saturated carbocycles. The number of fused-ring (bicyclic) bond motifs is 1. The predicted octanol–water partition coefficient (Wildman–Crippen LogP) is 2.45. The van der Waals surface area contributed by atoms with Crippen molar-refractivity contribution in [2.24, 2.45) is 0 Å². The maximum Gasteiger partial charge on any atom is 0.126 e. The van der Waals surface area contributed by atoms with Gasteiger partial charge in [-0.1, -0.05) is 0 Å². The fourth-order valence-electron chi connectivity index (χ4n) is 3.12. The quantitative estimate of drug-likeness (QED) is 0.911. The van der Waals surface area contributed by atoms with E-state index in [-0.39, 0.29) is 11.7 Å². The average Bonchev–Trinajstić information content (AvgIpc) is 2.37. The Balaban J connectivity index is 1.78. The molecular formula is C15H20O4. The van der Waals surface area contributed by atoms with Gasteiger partial charge in [-0.25, -0.2) is 0 Å². The van der Waals surface area contributed by atoms with Crippen LogP contribution in [0.4, 0.5) is 0 Å². The smallest absolute Gasteiger partial charge is 0.126 e. The highest BCUT2D eigenvalue weighted by Gasteiger charge is 2.51. The number of aliphatic hydroxyl groups is 1. The molecule has 1 aromatic rings. The van der Waals surface area contributed by atoms with Crippen molar-refractivity contribution in [3.63, 3.8) is 0 Å². The summed E-state index contributed by atoms with van der Waals surface area (Å²) in [4.78, 5) is 0. The molecule has 1 heterocycles. The Morgan fingerprint density at radius 1 is 1.37 bits per heavy atom. The minimum absolute atomic E-state index is 0.235. The van der Waals surface area contributed by atoms with Crippen LogP contribution in [0.2, 0.25) is 0 Å². The number of benzene rings is 1. The minimum atomic E-state index is -0.485. The lowest BCUT2D eigenvalue weighted by molar-refractivity contribution is -0.147. The maximum atomic E-state index is 10.3. The van der Waals surface area contributed by atoms with Crippen LogP contribution < -0.4 is 9.47 Å². The summed E-state index contributed by atoms with van der Waals surface area (Å²) in [6, 6.07) is 5.60. The molecule has 4 nitrogen and oxygen atoms in total. The van der Waals surface area contributed by atoms with E-state index in [0.717, 1.165) is 36.5 Å². The van der Waals surface area contributed by atoms with Gasteiger partial charge in [-0.3, -0.25) is 0 Å². The summed E-state index contributed by atoms with van der Waals surface area (Å²) in [5, 5.41) is 10.3. The highest BCUT2D eigenvalue weighted by Crippen LogP contribution is 2.50. The van der Waals surface area contributed by atoms with Crippen molar-refractivity contribution in [2.75, 3.05) is 13.7 Å². The Kier molecular flexibility index (Phi) is 3.15. The molecule has 4 heteroatoms. The molecule has 0 amide bonds. The number of rotatable bonds is 3. The van der Waals surface area contributed by atoms with Crippen molar-refractivity contribution in [2.45, 2.75) is 44.0 Å². The zero-order chi connectivity index (χ0) is 13.5. The van der Waals surface area contributed by atoms with Gasteiger partial charge < -0.3 is 19.3 Å². The SMILES string of the molecule is CCOC1CC2(C1)C[C@@H](O)c1cc(OC)ccc1O2. The first-order chi connectivity index (χ1) is 9.15. The van der Waals surface area contributed by atoms with Crippen LogP contribution in [-0.2, 0) is 4.74 Å². The molecule has 0 bridgehead atoms. The monoisotopic (exact) mass is 264 g/mol. The van der Waals surface area contributed by atoms with Gasteiger partial charge in [0.05, 0.1) is 19.3 Å². The summed E-state index contributed by atoms with van der Waals surface area (Å²) in [7, 11) is 1.62. The van der Waals surface area contributed by atoms with E-state index in [1.54, 1.807) is 7.11 Å². The molecule has 0 radical (unpaired) electrons. The van der Waals surface area contributed by atoms with Crippen LogP contribution in [0.3, 0.4) is 0 Å². The van der Waals surface area contributed by atoms with Crippen LogP contribution in [0.5, 0.6) is 11.5 Å². The first-order valence-corrected chi connectivity index (χ1v) is 6.82. The minimum Gasteiger partial charge on any atom is -0.497 e. The predicted molar refractivity (Wildman–Crippen MR) is 70.6 cm³/mol. The van der Waals surface area contributed by atoms with Crippen LogP contribution in [0.25, 0.3) is 0 Å². The first-order valence-electron chi connectivity index (χ1n) is 6.82. The van der Waals surface area contributed by atoms with Gasteiger partial charge in [0.15, 0.2) is 0 Å². The van der Waals surface area contributed by atoms with Gasteiger partial charge >= 0.3 is 0 Å². The maximum absolute atomic E-state index is 10.3. The number of aliphatic hydroxyl groups excluding tert-OH is 1. The molecule has 19 heavy (non-hydrogen) atoms. The lowest BCUT2D eigenvalue weighted by atomic mass is 9.71. The number of methoxy groups -OCH3 is 1. The lowest BCUT2D eigenvalue weighted by Gasteiger charge is -2.50. The zero-order valence-corrected chi connectivity index (χ0v) is 11.4. The van der Waals surface area contributed by atoms with Crippen molar-refractivity contribution in [1.29, 1.82) is 0 Å². The van der Waals surface area contributed by atoms with E-state index in [9.17, 15) is 5.11 Å². The third-order valence-electron chi connectivity index (χ3n) is 4.07. The average molecular weight is 264 g/mol. The van der Waals surface area contributed by atoms with E-state index in [0.29, 0.717) is 6.42 Å². The molecule has 104 valence electrons. The molecule has 1 fully saturated rings. The van der Waals surface area contributed by atoms with Gasteiger partial charge in [0.2, 0.25) is 0 Å². The number of ether oxygens (including phenoxy) is 3. The molecule has 0 unspecified atom stereocenters. The van der Waals surface area contributed by atoms with Crippen LogP contribution in [0.15, 0.2) is 18.2 Å². The fourth-order valence-corrected chi connectivity index (χ4v) is 3.12. The Morgan fingerprint density at radius 2 is 2.16 bits per heavy atom. The van der Waals surface area contributed by atoms with Gasteiger partial charge in [-0.2, -0.15) is 0 Å². The fraction of sp³-hybridized carbons (Fsp3) is 0.600. The molecule has 1 aromatic carbocycles. The van der Waals surface area contributed by atoms with Gasteiger partial charge in [0.25, 0.3) is 0 Å². The summed E-state index contributed by atoms with van der Waals surface area (Å²) in [5.41, 5.74) is 0.589. The third-order valence-corrected chi connectivity index (χ3v) is 4.07. The molecule has 0 saturated heterocycles. The van der Waals surface area contributed by atoms with Crippen molar-refractivity contribution in [3.05, 3.63) is 23.8 Å². The Bertz CT molecular complexity index is 465. The van der Waals surface area contributed by atoms with E-state index in [4.69, 9.17) is 14.2 Å². The van der Waals surface area contributed by atoms with Gasteiger partial charge in [-0.15, -0.1) is 0 Å². The number of hydrogen-bond acceptors (Lipinski definition) is 4. The summed E-state index contributed by atoms with van der Waals surface area (Å²) in [6.07, 6.45) is 2.15. The Labute approximate surface area is 113 Å². The highest BCUT2D eigenvalue weighted by atomic mass is 16.5. The largest absolute Gasteiger partial charge is 0.497 e. The molecule has 2 aliphatic rings. The Morgan fingerprint density at radius 3 is 2.84 bits per heavy atom. The summed E-state index contributed by atoms with van der Waals surface area (Å²) >= 11 is 0. The molecule has 1 atom stereocenters. The van der Waals surface area contributed by atoms with E-state index in [1.165, 1.54) is 0 Å². The molecular weight excluding hydrogens is 244 g/mol. The van der Waals surface area contributed by atoms with E-state index in [1.807, 2.05) is 25.1 Å². The molecule has 1 spiro atoms. The van der Waals surface area contributed by atoms with E-state index < -0.39 is 6.10 Å². The van der Waals surface area contributed by atoms with Gasteiger partial charge in [0.1, 0.15) is 17.1 Å². The Hall–Kier alpha value is -1.26. The third kappa shape index (κ3) is 2.19. The highest BCUT2D eigenvalue weighted by molar-refractivity contribution is 5.44. The number of hydrogen-bond donors (Lipinski definition) is 1. The lowest BCUT2D eigenvalue weighted by Crippen LogP contribution is -2.55. The van der Waals surface area contributed by atoms with E-state index >= 15 is 0 Å². The summed E-state index contributed by atoms with van der Waals surface area (Å²) in [5.74, 6) is 1.52. The van der Waals surface area contributed by atoms with Gasteiger partial charge in [0, 0.05) is 31.4 Å². The normalized spacial score (nSPS) is 32.4. The molecule has 1 aliphatic heterocycles. The summed E-state index contributed by atoms with van der Waals surface area (Å²) < 4.78 is 16.9. The van der Waals surface area contributed by atoms with Crippen molar-refractivity contribution in [1.82, 2.24) is 0 Å². The second-order valence-electron chi connectivity index (χ2n) is 5.39. The topological polar surface area (TPSA) is 47.9 Å². The van der Waals surface area contributed by atoms with Crippen LogP contribution in [0, 0.1) is 0 Å². The van der Waals surface area contributed by atoms with Crippen LogP contribution in [0.1, 0.15) is 37.9 Å². The van der Waals surface area contributed by atoms with Crippen LogP contribution in [-0.4, -0.2) is 30.5 Å². The zero-order valence-electron chi connectivity index (χ0n) is 11.4. The molecule has 0 aromatic heterocycles. The van der Waals surface area contributed by atoms with Crippen molar-refractivity contribution >= 4 is 0 Å². The molecule has 1 aliphatic carbocycles. The molecule has 1 N–H and O–H groups in total. The summed E-state index contributed by atoms with van der Waals surface area (Å²) in [6.45, 7) is 2.74. The van der Waals surface area contributed by atoms with Crippen molar-refractivity contribution in [3.8, 4) is 11.5 Å². The second kappa shape index (κ2) is 4.69. The second-order valence-corrected chi connectivity index (χ2v) is 5.39. The first kappa shape index (κ1) is 12.8.